The highest BCUT2D eigenvalue weighted by atomic mass is 19.4. The lowest BCUT2D eigenvalue weighted by Crippen LogP contribution is -2.16. The molecule has 3 rings (SSSR count). The summed E-state index contributed by atoms with van der Waals surface area (Å²) in [4.78, 5) is 11.4. The number of halogens is 3. The zero-order valence-corrected chi connectivity index (χ0v) is 17.5. The van der Waals surface area contributed by atoms with Gasteiger partial charge in [0.1, 0.15) is 18.1 Å². The maximum absolute atomic E-state index is 12.3. The number of benzene rings is 3. The van der Waals surface area contributed by atoms with Crippen molar-refractivity contribution in [3.63, 3.8) is 0 Å². The Morgan fingerprint density at radius 1 is 0.839 bits per heavy atom. The summed E-state index contributed by atoms with van der Waals surface area (Å²) < 4.78 is 46.8. The second-order valence-corrected chi connectivity index (χ2v) is 8.18. The van der Waals surface area contributed by atoms with Gasteiger partial charge in [-0.3, -0.25) is 4.79 Å². The summed E-state index contributed by atoms with van der Waals surface area (Å²) >= 11 is 0. The summed E-state index contributed by atoms with van der Waals surface area (Å²) in [6.45, 7) is 6.71. The minimum Gasteiger partial charge on any atom is -0.488 e. The van der Waals surface area contributed by atoms with Gasteiger partial charge in [0.05, 0.1) is 5.56 Å². The third kappa shape index (κ3) is 6.10. The number of ether oxygens (including phenoxy) is 2. The summed E-state index contributed by atoms with van der Waals surface area (Å²) in [5.41, 5.74) is 4.01. The highest BCUT2D eigenvalue weighted by molar-refractivity contribution is 5.82. The summed E-state index contributed by atoms with van der Waals surface area (Å²) in [6, 6.07) is 18.7. The fourth-order valence-electron chi connectivity index (χ4n) is 3.05. The Labute approximate surface area is 179 Å². The van der Waals surface area contributed by atoms with Gasteiger partial charge in [0, 0.05) is 0 Å². The molecule has 0 heterocycles. The fourth-order valence-corrected chi connectivity index (χ4v) is 3.05. The largest absolute Gasteiger partial charge is 0.573 e. The van der Waals surface area contributed by atoms with Gasteiger partial charge in [0.2, 0.25) is 0 Å². The Balaban J connectivity index is 1.77. The van der Waals surface area contributed by atoms with E-state index in [4.69, 9.17) is 4.74 Å². The molecule has 0 fully saturated rings. The van der Waals surface area contributed by atoms with E-state index in [1.807, 2.05) is 12.1 Å². The minimum absolute atomic E-state index is 0.0547. The molecule has 3 aromatic carbocycles. The number of hydrogen-bond donors (Lipinski definition) is 0. The van der Waals surface area contributed by atoms with Crippen molar-refractivity contribution in [2.24, 2.45) is 0 Å². The third-order valence-electron chi connectivity index (χ3n) is 4.78. The van der Waals surface area contributed by atoms with E-state index >= 15 is 0 Å². The lowest BCUT2D eigenvalue weighted by molar-refractivity contribution is -0.274. The first-order chi connectivity index (χ1) is 14.5. The zero-order chi connectivity index (χ0) is 22.6. The Hall–Kier alpha value is -3.28. The highest BCUT2D eigenvalue weighted by Crippen LogP contribution is 2.30. The molecule has 3 nitrogen and oxygen atoms in total. The first-order valence-corrected chi connectivity index (χ1v) is 9.73. The molecule has 0 saturated heterocycles. The Bertz CT molecular complexity index is 1030. The van der Waals surface area contributed by atoms with Gasteiger partial charge < -0.3 is 9.47 Å². The smallest absolute Gasteiger partial charge is 0.488 e. The van der Waals surface area contributed by atoms with E-state index in [-0.39, 0.29) is 17.8 Å². The van der Waals surface area contributed by atoms with Gasteiger partial charge in [-0.15, -0.1) is 13.2 Å². The topological polar surface area (TPSA) is 35.5 Å². The lowest BCUT2D eigenvalue weighted by Gasteiger charge is -2.19. The van der Waals surface area contributed by atoms with Gasteiger partial charge >= 0.3 is 6.36 Å². The third-order valence-corrected chi connectivity index (χ3v) is 4.78. The van der Waals surface area contributed by atoms with E-state index < -0.39 is 6.36 Å². The standard InChI is InChI=1S/C25H23F3O3/c1-24(2,3)21-10-4-17(5-11-21)16-30-23-14-19(6-7-20(23)15-29)18-8-12-22(13-9-18)31-25(26,27)28/h4-15H,16H2,1-3H3. The van der Waals surface area contributed by atoms with Crippen molar-refractivity contribution < 1.29 is 27.4 Å². The molecule has 31 heavy (non-hydrogen) atoms. The Kier molecular flexibility index (Phi) is 6.39. The average molecular weight is 428 g/mol. The van der Waals surface area contributed by atoms with Crippen LogP contribution in [0.25, 0.3) is 11.1 Å². The van der Waals surface area contributed by atoms with Gasteiger partial charge in [-0.25, -0.2) is 0 Å². The molecule has 0 N–H and O–H groups in total. The summed E-state index contributed by atoms with van der Waals surface area (Å²) in [5, 5.41) is 0. The van der Waals surface area contributed by atoms with E-state index in [0.717, 1.165) is 5.56 Å². The van der Waals surface area contributed by atoms with Crippen LogP contribution in [0.15, 0.2) is 66.7 Å². The fraction of sp³-hybridized carbons (Fsp3) is 0.240. The van der Waals surface area contributed by atoms with Crippen LogP contribution in [-0.4, -0.2) is 12.6 Å². The maximum atomic E-state index is 12.3. The summed E-state index contributed by atoms with van der Waals surface area (Å²) in [7, 11) is 0. The number of aldehydes is 1. The molecule has 0 atom stereocenters. The highest BCUT2D eigenvalue weighted by Gasteiger charge is 2.31. The quantitative estimate of drug-likeness (QED) is 0.399. The van der Waals surface area contributed by atoms with Crippen molar-refractivity contribution in [1.82, 2.24) is 0 Å². The zero-order valence-electron chi connectivity index (χ0n) is 17.5. The number of carbonyl (C=O) groups excluding carboxylic acids is 1. The van der Waals surface area contributed by atoms with Crippen molar-refractivity contribution in [2.45, 2.75) is 39.2 Å². The van der Waals surface area contributed by atoms with E-state index in [2.05, 4.69) is 37.6 Å². The number of rotatable bonds is 6. The van der Waals surface area contributed by atoms with Crippen LogP contribution in [0.4, 0.5) is 13.2 Å². The molecule has 0 amide bonds. The van der Waals surface area contributed by atoms with Crippen LogP contribution in [-0.2, 0) is 12.0 Å². The molecule has 0 radical (unpaired) electrons. The van der Waals surface area contributed by atoms with Gasteiger partial charge in [-0.05, 0) is 51.9 Å². The molecule has 0 aliphatic heterocycles. The van der Waals surface area contributed by atoms with Crippen LogP contribution in [0, 0.1) is 0 Å². The first-order valence-electron chi connectivity index (χ1n) is 9.73. The molecule has 0 aliphatic carbocycles. The molecule has 162 valence electrons. The molecule has 3 aromatic rings. The van der Waals surface area contributed by atoms with Crippen LogP contribution in [0.1, 0.15) is 42.3 Å². The maximum Gasteiger partial charge on any atom is 0.573 e. The van der Waals surface area contributed by atoms with Crippen molar-refractivity contribution in [3.8, 4) is 22.6 Å². The van der Waals surface area contributed by atoms with Crippen LogP contribution in [0.3, 0.4) is 0 Å². The predicted octanol–water partition coefficient (Wildman–Crippen LogP) is 6.94. The molecule has 0 spiro atoms. The number of alkyl halides is 3. The van der Waals surface area contributed by atoms with Crippen molar-refractivity contribution >= 4 is 6.29 Å². The summed E-state index contributed by atoms with van der Waals surface area (Å²) in [5.74, 6) is 0.110. The second-order valence-electron chi connectivity index (χ2n) is 8.18. The van der Waals surface area contributed by atoms with Crippen molar-refractivity contribution in [1.29, 1.82) is 0 Å². The first kappa shape index (κ1) is 22.4. The van der Waals surface area contributed by atoms with Crippen LogP contribution < -0.4 is 9.47 Å². The van der Waals surface area contributed by atoms with Gasteiger partial charge in [0.25, 0.3) is 0 Å². The van der Waals surface area contributed by atoms with Crippen molar-refractivity contribution in [3.05, 3.63) is 83.4 Å². The van der Waals surface area contributed by atoms with Gasteiger partial charge in [-0.2, -0.15) is 0 Å². The van der Waals surface area contributed by atoms with Crippen LogP contribution >= 0.6 is 0 Å². The average Bonchev–Trinajstić information content (AvgIpc) is 2.71. The molecule has 6 heteroatoms. The van der Waals surface area contributed by atoms with Crippen molar-refractivity contribution in [2.75, 3.05) is 0 Å². The number of carbonyl (C=O) groups is 1. The molecular weight excluding hydrogens is 405 g/mol. The number of hydrogen-bond acceptors (Lipinski definition) is 3. The van der Waals surface area contributed by atoms with Gasteiger partial charge in [0.15, 0.2) is 6.29 Å². The van der Waals surface area contributed by atoms with E-state index in [0.29, 0.717) is 28.7 Å². The van der Waals surface area contributed by atoms with E-state index in [9.17, 15) is 18.0 Å². The Morgan fingerprint density at radius 2 is 1.45 bits per heavy atom. The van der Waals surface area contributed by atoms with Gasteiger partial charge in [-0.1, -0.05) is 63.2 Å². The predicted molar refractivity (Wildman–Crippen MR) is 113 cm³/mol. The molecule has 0 aromatic heterocycles. The van der Waals surface area contributed by atoms with Crippen LogP contribution in [0.5, 0.6) is 11.5 Å². The second kappa shape index (κ2) is 8.84. The normalized spacial score (nSPS) is 11.8. The molecule has 0 unspecified atom stereocenters. The van der Waals surface area contributed by atoms with E-state index in [1.54, 1.807) is 18.2 Å². The molecule has 0 bridgehead atoms. The Morgan fingerprint density at radius 3 is 2.00 bits per heavy atom. The SMILES string of the molecule is CC(C)(C)c1ccc(COc2cc(-c3ccc(OC(F)(F)F)cc3)ccc2C=O)cc1. The minimum atomic E-state index is -4.74. The van der Waals surface area contributed by atoms with E-state index in [1.165, 1.54) is 29.8 Å². The summed E-state index contributed by atoms with van der Waals surface area (Å²) in [6.07, 6.45) is -4.03. The lowest BCUT2D eigenvalue weighted by atomic mass is 9.87. The molecule has 0 aliphatic rings. The molecular formula is C25H23F3O3. The molecule has 0 saturated carbocycles. The monoisotopic (exact) mass is 428 g/mol. The van der Waals surface area contributed by atoms with Crippen LogP contribution in [0.2, 0.25) is 0 Å².